The molecule has 7 heteroatoms. The normalized spacial score (nSPS) is 11.9. The first-order chi connectivity index (χ1) is 8.95. The molecule has 1 aromatic rings. The van der Waals surface area contributed by atoms with Crippen LogP contribution in [0.25, 0.3) is 0 Å². The van der Waals surface area contributed by atoms with Gasteiger partial charge in [-0.05, 0) is 52.6 Å². The van der Waals surface area contributed by atoms with Crippen molar-refractivity contribution in [3.05, 3.63) is 32.7 Å². The molecule has 1 rings (SSSR count). The number of carboxylic acids is 1. The second kappa shape index (κ2) is 7.91. The standard InChI is InChI=1S/C12H13Br2NO3S/c1-19-5-4-10(12(17)18)15-11(16)8-3-2-7(13)6-9(8)14/h2-3,6,10H,4-5H2,1H3,(H,15,16)(H,17,18)/t10-/m0/s1. The first-order valence-electron chi connectivity index (χ1n) is 5.43. The first-order valence-corrected chi connectivity index (χ1v) is 8.41. The predicted molar refractivity (Wildman–Crippen MR) is 83.7 cm³/mol. The van der Waals surface area contributed by atoms with Crippen molar-refractivity contribution in [2.75, 3.05) is 12.0 Å². The van der Waals surface area contributed by atoms with E-state index in [0.717, 1.165) is 4.47 Å². The molecule has 1 atom stereocenters. The van der Waals surface area contributed by atoms with E-state index in [0.29, 0.717) is 22.2 Å². The van der Waals surface area contributed by atoms with Crippen LogP contribution in [0.15, 0.2) is 27.1 Å². The molecule has 2 N–H and O–H groups in total. The Hall–Kier alpha value is -0.530. The van der Waals surface area contributed by atoms with Crippen LogP contribution in [0.3, 0.4) is 0 Å². The fourth-order valence-electron chi connectivity index (χ4n) is 1.40. The van der Waals surface area contributed by atoms with E-state index in [2.05, 4.69) is 37.2 Å². The molecule has 0 bridgehead atoms. The van der Waals surface area contributed by atoms with Crippen LogP contribution in [-0.2, 0) is 4.79 Å². The van der Waals surface area contributed by atoms with Crippen LogP contribution < -0.4 is 5.32 Å². The minimum atomic E-state index is -1.02. The number of hydrogen-bond donors (Lipinski definition) is 2. The lowest BCUT2D eigenvalue weighted by atomic mass is 10.1. The maximum absolute atomic E-state index is 12.0. The van der Waals surface area contributed by atoms with E-state index in [9.17, 15) is 9.59 Å². The highest BCUT2D eigenvalue weighted by molar-refractivity contribution is 9.11. The van der Waals surface area contributed by atoms with E-state index in [4.69, 9.17) is 5.11 Å². The van der Waals surface area contributed by atoms with Crippen LogP contribution in [-0.4, -0.2) is 35.0 Å². The number of hydrogen-bond acceptors (Lipinski definition) is 3. The summed E-state index contributed by atoms with van der Waals surface area (Å²) in [4.78, 5) is 23.1. The molecule has 0 radical (unpaired) electrons. The maximum Gasteiger partial charge on any atom is 0.326 e. The Kier molecular flexibility index (Phi) is 6.88. The zero-order chi connectivity index (χ0) is 14.4. The van der Waals surface area contributed by atoms with Gasteiger partial charge in [-0.3, -0.25) is 4.79 Å². The van der Waals surface area contributed by atoms with E-state index in [1.54, 1.807) is 30.0 Å². The van der Waals surface area contributed by atoms with E-state index in [-0.39, 0.29) is 0 Å². The highest BCUT2D eigenvalue weighted by atomic mass is 79.9. The predicted octanol–water partition coefficient (Wildman–Crippen LogP) is 3.15. The van der Waals surface area contributed by atoms with Crippen molar-refractivity contribution in [2.24, 2.45) is 0 Å². The van der Waals surface area contributed by atoms with Gasteiger partial charge in [0.25, 0.3) is 5.91 Å². The van der Waals surface area contributed by atoms with Gasteiger partial charge in [-0.1, -0.05) is 15.9 Å². The van der Waals surface area contributed by atoms with E-state index in [1.807, 2.05) is 6.26 Å². The van der Waals surface area contributed by atoms with Crippen LogP contribution in [0.4, 0.5) is 0 Å². The van der Waals surface area contributed by atoms with Gasteiger partial charge in [0, 0.05) is 8.95 Å². The molecule has 0 saturated heterocycles. The molecule has 0 aliphatic carbocycles. The lowest BCUT2D eigenvalue weighted by Crippen LogP contribution is -2.41. The van der Waals surface area contributed by atoms with Gasteiger partial charge < -0.3 is 10.4 Å². The lowest BCUT2D eigenvalue weighted by Gasteiger charge is -2.14. The van der Waals surface area contributed by atoms with Crippen molar-refractivity contribution in [1.82, 2.24) is 5.32 Å². The second-order valence-corrected chi connectivity index (χ2v) is 6.53. The van der Waals surface area contributed by atoms with Gasteiger partial charge in [0.2, 0.25) is 0 Å². The average Bonchev–Trinajstić information content (AvgIpc) is 2.33. The first kappa shape index (κ1) is 16.5. The number of nitrogens with one attached hydrogen (secondary N) is 1. The number of thioether (sulfide) groups is 1. The molecular formula is C12H13Br2NO3S. The van der Waals surface area contributed by atoms with Crippen LogP contribution in [0.5, 0.6) is 0 Å². The number of carboxylic acid groups (broad SMARTS) is 1. The smallest absolute Gasteiger partial charge is 0.326 e. The third kappa shape index (κ3) is 5.16. The Labute approximate surface area is 132 Å². The maximum atomic E-state index is 12.0. The number of rotatable bonds is 6. The summed E-state index contributed by atoms with van der Waals surface area (Å²) >= 11 is 8.13. The SMILES string of the molecule is CSCC[C@H](NC(=O)c1ccc(Br)cc1Br)C(=O)O. The molecule has 0 fully saturated rings. The van der Waals surface area contributed by atoms with E-state index >= 15 is 0 Å². The molecule has 0 aromatic heterocycles. The quantitative estimate of drug-likeness (QED) is 0.755. The minimum absolute atomic E-state index is 0.395. The summed E-state index contributed by atoms with van der Waals surface area (Å²) in [5.41, 5.74) is 0.415. The monoisotopic (exact) mass is 409 g/mol. The Balaban J connectivity index is 2.78. The molecule has 19 heavy (non-hydrogen) atoms. The summed E-state index contributed by atoms with van der Waals surface area (Å²) in [5.74, 6) is -0.734. The molecule has 0 aliphatic heterocycles. The summed E-state index contributed by atoms with van der Waals surface area (Å²) in [6.45, 7) is 0. The molecule has 0 saturated carbocycles. The van der Waals surface area contributed by atoms with Crippen LogP contribution in [0.2, 0.25) is 0 Å². The van der Waals surface area contributed by atoms with Crippen LogP contribution in [0.1, 0.15) is 16.8 Å². The molecule has 104 valence electrons. The van der Waals surface area contributed by atoms with Gasteiger partial charge in [-0.25, -0.2) is 4.79 Å². The molecule has 1 amide bonds. The lowest BCUT2D eigenvalue weighted by molar-refractivity contribution is -0.139. The number of amides is 1. The van der Waals surface area contributed by atoms with E-state index < -0.39 is 17.9 Å². The van der Waals surface area contributed by atoms with Gasteiger partial charge in [0.05, 0.1) is 5.56 Å². The molecule has 0 unspecified atom stereocenters. The third-order valence-electron chi connectivity index (χ3n) is 2.39. The fraction of sp³-hybridized carbons (Fsp3) is 0.333. The number of benzene rings is 1. The summed E-state index contributed by atoms with van der Waals surface area (Å²) in [5, 5.41) is 11.6. The number of carbonyl (C=O) groups excluding carboxylic acids is 1. The van der Waals surface area contributed by atoms with Gasteiger partial charge in [0.15, 0.2) is 0 Å². The van der Waals surface area contributed by atoms with Crippen molar-refractivity contribution < 1.29 is 14.7 Å². The largest absolute Gasteiger partial charge is 0.480 e. The van der Waals surface area contributed by atoms with Crippen molar-refractivity contribution in [2.45, 2.75) is 12.5 Å². The Bertz CT molecular complexity index is 482. The summed E-state index contributed by atoms with van der Waals surface area (Å²) in [6.07, 6.45) is 2.29. The molecule has 1 aromatic carbocycles. The number of halogens is 2. The Morgan fingerprint density at radius 1 is 1.42 bits per heavy atom. The molecule has 0 spiro atoms. The molecular weight excluding hydrogens is 398 g/mol. The molecule has 0 aliphatic rings. The Morgan fingerprint density at radius 2 is 2.11 bits per heavy atom. The zero-order valence-corrected chi connectivity index (χ0v) is 14.1. The van der Waals surface area contributed by atoms with Crippen molar-refractivity contribution in [1.29, 1.82) is 0 Å². The van der Waals surface area contributed by atoms with Gasteiger partial charge in [0.1, 0.15) is 6.04 Å². The van der Waals surface area contributed by atoms with Crippen molar-refractivity contribution in [3.63, 3.8) is 0 Å². The van der Waals surface area contributed by atoms with Gasteiger partial charge in [-0.2, -0.15) is 11.8 Å². The fourth-order valence-corrected chi connectivity index (χ4v) is 3.10. The average molecular weight is 411 g/mol. The summed E-state index contributed by atoms with van der Waals surface area (Å²) in [7, 11) is 0. The minimum Gasteiger partial charge on any atom is -0.480 e. The molecule has 4 nitrogen and oxygen atoms in total. The van der Waals surface area contributed by atoms with Gasteiger partial charge in [-0.15, -0.1) is 0 Å². The number of aliphatic carboxylic acids is 1. The van der Waals surface area contributed by atoms with E-state index in [1.165, 1.54) is 0 Å². The second-order valence-electron chi connectivity index (χ2n) is 3.77. The van der Waals surface area contributed by atoms with Crippen LogP contribution in [0, 0.1) is 0 Å². The highest BCUT2D eigenvalue weighted by Crippen LogP contribution is 2.22. The Morgan fingerprint density at radius 3 is 2.63 bits per heavy atom. The third-order valence-corrected chi connectivity index (χ3v) is 4.18. The number of carbonyl (C=O) groups is 2. The highest BCUT2D eigenvalue weighted by Gasteiger charge is 2.21. The summed E-state index contributed by atoms with van der Waals surface area (Å²) < 4.78 is 1.46. The topological polar surface area (TPSA) is 66.4 Å². The zero-order valence-electron chi connectivity index (χ0n) is 10.2. The van der Waals surface area contributed by atoms with Crippen LogP contribution >= 0.6 is 43.6 Å². The van der Waals surface area contributed by atoms with Crippen molar-refractivity contribution in [3.8, 4) is 0 Å². The molecule has 0 heterocycles. The van der Waals surface area contributed by atoms with Gasteiger partial charge >= 0.3 is 5.97 Å². The summed E-state index contributed by atoms with van der Waals surface area (Å²) in [6, 6.07) is 4.25. The van der Waals surface area contributed by atoms with Crippen molar-refractivity contribution >= 4 is 55.5 Å².